The molecule has 2 N–H and O–H groups in total. The summed E-state index contributed by atoms with van der Waals surface area (Å²) < 4.78 is 0. The van der Waals surface area contributed by atoms with E-state index in [1.807, 2.05) is 0 Å². The molecule has 1 aliphatic rings. The Hall–Kier alpha value is -0.910. The number of aromatic carboxylic acids is 1. The van der Waals surface area contributed by atoms with E-state index < -0.39 is 5.97 Å². The van der Waals surface area contributed by atoms with Crippen molar-refractivity contribution in [2.24, 2.45) is 0 Å². The van der Waals surface area contributed by atoms with Gasteiger partial charge in [-0.25, -0.2) is 15.2 Å². The minimum Gasteiger partial charge on any atom is -0.478 e. The number of hydrazine groups is 1. The van der Waals surface area contributed by atoms with Crippen LogP contribution in [0.3, 0.4) is 0 Å². The van der Waals surface area contributed by atoms with Gasteiger partial charge in [0.25, 0.3) is 0 Å². The number of carboxylic acids is 1. The summed E-state index contributed by atoms with van der Waals surface area (Å²) >= 11 is 1.50. The van der Waals surface area contributed by atoms with Crippen LogP contribution in [0.1, 0.15) is 34.5 Å². The van der Waals surface area contributed by atoms with E-state index in [2.05, 4.69) is 10.4 Å². The molecule has 0 saturated carbocycles. The van der Waals surface area contributed by atoms with Crippen molar-refractivity contribution in [2.75, 3.05) is 13.1 Å². The summed E-state index contributed by atoms with van der Waals surface area (Å²) in [6, 6.07) is 1.74. The molecule has 0 aromatic carbocycles. The predicted molar refractivity (Wildman–Crippen MR) is 63.5 cm³/mol. The maximum absolute atomic E-state index is 10.7. The SMILES string of the molecule is O=C(O)c1csc(CNN2CCCCC2)c1. The number of nitrogens with zero attached hydrogens (tertiary/aromatic N) is 1. The van der Waals surface area contributed by atoms with Gasteiger partial charge in [-0.1, -0.05) is 6.42 Å². The van der Waals surface area contributed by atoms with Crippen molar-refractivity contribution in [1.82, 2.24) is 10.4 Å². The van der Waals surface area contributed by atoms with Gasteiger partial charge < -0.3 is 5.11 Å². The van der Waals surface area contributed by atoms with Gasteiger partial charge in [0.1, 0.15) is 0 Å². The zero-order valence-corrected chi connectivity index (χ0v) is 9.92. The Bertz CT molecular complexity index is 359. The third-order valence-corrected chi connectivity index (χ3v) is 3.67. The van der Waals surface area contributed by atoms with E-state index in [4.69, 9.17) is 5.11 Å². The maximum Gasteiger partial charge on any atom is 0.336 e. The van der Waals surface area contributed by atoms with Crippen molar-refractivity contribution in [3.8, 4) is 0 Å². The molecule has 0 atom stereocenters. The Morgan fingerprint density at radius 1 is 1.44 bits per heavy atom. The highest BCUT2D eigenvalue weighted by molar-refractivity contribution is 7.10. The topological polar surface area (TPSA) is 52.6 Å². The van der Waals surface area contributed by atoms with Crippen molar-refractivity contribution in [3.63, 3.8) is 0 Å². The Balaban J connectivity index is 1.81. The van der Waals surface area contributed by atoms with Crippen molar-refractivity contribution in [3.05, 3.63) is 21.9 Å². The lowest BCUT2D eigenvalue weighted by Crippen LogP contribution is -2.40. The second kappa shape index (κ2) is 5.43. The minimum atomic E-state index is -0.847. The van der Waals surface area contributed by atoms with Gasteiger partial charge in [0.05, 0.1) is 5.56 Å². The van der Waals surface area contributed by atoms with E-state index in [0.29, 0.717) is 5.56 Å². The molecule has 4 nitrogen and oxygen atoms in total. The molecule has 88 valence electrons. The number of hydrogen-bond acceptors (Lipinski definition) is 4. The van der Waals surface area contributed by atoms with E-state index in [1.54, 1.807) is 11.4 Å². The standard InChI is InChI=1S/C11H16N2O2S/c14-11(15)9-6-10(16-8-9)7-12-13-4-2-1-3-5-13/h6,8,12H,1-5,7H2,(H,14,15). The largest absolute Gasteiger partial charge is 0.478 e. The van der Waals surface area contributed by atoms with Crippen LogP contribution in [0.5, 0.6) is 0 Å². The lowest BCUT2D eigenvalue weighted by Gasteiger charge is -2.26. The highest BCUT2D eigenvalue weighted by Gasteiger charge is 2.10. The third kappa shape index (κ3) is 3.04. The van der Waals surface area contributed by atoms with Gasteiger partial charge in [-0.15, -0.1) is 11.3 Å². The Morgan fingerprint density at radius 3 is 2.81 bits per heavy atom. The van der Waals surface area contributed by atoms with Gasteiger partial charge in [-0.3, -0.25) is 0 Å². The summed E-state index contributed by atoms with van der Waals surface area (Å²) in [7, 11) is 0. The molecule has 0 radical (unpaired) electrons. The molecule has 2 heterocycles. The molecule has 1 aromatic rings. The van der Waals surface area contributed by atoms with Gasteiger partial charge in [-0.2, -0.15) is 0 Å². The summed E-state index contributed by atoms with van der Waals surface area (Å²) in [4.78, 5) is 11.8. The molecule has 0 aliphatic carbocycles. The first-order valence-electron chi connectivity index (χ1n) is 5.55. The van der Waals surface area contributed by atoms with Crippen molar-refractivity contribution < 1.29 is 9.90 Å². The number of piperidine rings is 1. The van der Waals surface area contributed by atoms with E-state index in [-0.39, 0.29) is 0 Å². The number of rotatable bonds is 4. The first-order chi connectivity index (χ1) is 7.75. The highest BCUT2D eigenvalue weighted by atomic mass is 32.1. The van der Waals surface area contributed by atoms with E-state index in [9.17, 15) is 4.79 Å². The molecule has 0 bridgehead atoms. The number of hydrogen-bond donors (Lipinski definition) is 2. The summed E-state index contributed by atoms with van der Waals surface area (Å²) in [6.45, 7) is 2.92. The van der Waals surface area contributed by atoms with Crippen LogP contribution in [0.25, 0.3) is 0 Å². The van der Waals surface area contributed by atoms with Gasteiger partial charge in [0.15, 0.2) is 0 Å². The summed E-state index contributed by atoms with van der Waals surface area (Å²) in [6.07, 6.45) is 3.82. The Morgan fingerprint density at radius 2 is 2.19 bits per heavy atom. The number of carbonyl (C=O) groups is 1. The number of nitrogens with one attached hydrogen (secondary N) is 1. The minimum absolute atomic E-state index is 0.389. The molecule has 1 fully saturated rings. The molecule has 5 heteroatoms. The van der Waals surface area contributed by atoms with E-state index >= 15 is 0 Å². The molecule has 1 aliphatic heterocycles. The fourth-order valence-electron chi connectivity index (χ4n) is 1.83. The molecule has 0 amide bonds. The molecule has 1 aromatic heterocycles. The number of thiophene rings is 1. The third-order valence-electron chi connectivity index (χ3n) is 2.73. The maximum atomic E-state index is 10.7. The zero-order valence-electron chi connectivity index (χ0n) is 9.11. The predicted octanol–water partition coefficient (Wildman–Crippen LogP) is 1.94. The van der Waals surface area contributed by atoms with Crippen LogP contribution in [-0.2, 0) is 6.54 Å². The normalized spacial score (nSPS) is 17.5. The first-order valence-corrected chi connectivity index (χ1v) is 6.43. The molecule has 2 rings (SSSR count). The monoisotopic (exact) mass is 240 g/mol. The van der Waals surface area contributed by atoms with Gasteiger partial charge >= 0.3 is 5.97 Å². The van der Waals surface area contributed by atoms with Crippen molar-refractivity contribution in [1.29, 1.82) is 0 Å². The van der Waals surface area contributed by atoms with Crippen LogP contribution in [0.4, 0.5) is 0 Å². The quantitative estimate of drug-likeness (QED) is 0.844. The van der Waals surface area contributed by atoms with Crippen LogP contribution in [-0.4, -0.2) is 29.2 Å². The van der Waals surface area contributed by atoms with E-state index in [0.717, 1.165) is 24.5 Å². The van der Waals surface area contributed by atoms with E-state index in [1.165, 1.54) is 30.6 Å². The Labute approximate surface area is 98.9 Å². The number of carboxylic acid groups (broad SMARTS) is 1. The molecule has 0 spiro atoms. The smallest absolute Gasteiger partial charge is 0.336 e. The average Bonchev–Trinajstić information content (AvgIpc) is 2.76. The van der Waals surface area contributed by atoms with Crippen LogP contribution < -0.4 is 5.43 Å². The van der Waals surface area contributed by atoms with Crippen LogP contribution in [0, 0.1) is 0 Å². The van der Waals surface area contributed by atoms with Crippen LogP contribution in [0.2, 0.25) is 0 Å². The lowest BCUT2D eigenvalue weighted by atomic mass is 10.2. The van der Waals surface area contributed by atoms with Crippen molar-refractivity contribution in [2.45, 2.75) is 25.8 Å². The summed E-state index contributed by atoms with van der Waals surface area (Å²) in [5.74, 6) is -0.847. The first kappa shape index (κ1) is 11.6. The Kier molecular flexibility index (Phi) is 3.93. The fraction of sp³-hybridized carbons (Fsp3) is 0.545. The second-order valence-corrected chi connectivity index (χ2v) is 4.99. The zero-order chi connectivity index (χ0) is 11.4. The van der Waals surface area contributed by atoms with Gasteiger partial charge in [0.2, 0.25) is 0 Å². The second-order valence-electron chi connectivity index (χ2n) is 3.99. The molecular weight excluding hydrogens is 224 g/mol. The van der Waals surface area contributed by atoms with Gasteiger partial charge in [-0.05, 0) is 18.9 Å². The molecule has 0 unspecified atom stereocenters. The average molecular weight is 240 g/mol. The molecule has 16 heavy (non-hydrogen) atoms. The lowest BCUT2D eigenvalue weighted by molar-refractivity contribution is 0.0697. The molecular formula is C11H16N2O2S. The summed E-state index contributed by atoms with van der Waals surface area (Å²) in [5.41, 5.74) is 3.73. The van der Waals surface area contributed by atoms with Crippen molar-refractivity contribution >= 4 is 17.3 Å². The highest BCUT2D eigenvalue weighted by Crippen LogP contribution is 2.15. The summed E-state index contributed by atoms with van der Waals surface area (Å²) in [5, 5.41) is 12.7. The van der Waals surface area contributed by atoms with Crippen LogP contribution >= 0.6 is 11.3 Å². The molecule has 1 saturated heterocycles. The van der Waals surface area contributed by atoms with Gasteiger partial charge in [0, 0.05) is 29.9 Å². The fourth-order valence-corrected chi connectivity index (χ4v) is 2.62. The van der Waals surface area contributed by atoms with Crippen LogP contribution in [0.15, 0.2) is 11.4 Å².